The first-order valence-corrected chi connectivity index (χ1v) is 7.05. The SMILES string of the molecule is CC(=O)c1ccc2ccccc2c1OCc1ccc(F)cc1. The molecule has 3 rings (SSSR count). The number of Topliss-reactive ketones (excluding diaryl/α,β-unsaturated/α-hetero) is 1. The predicted molar refractivity (Wildman–Crippen MR) is 84.7 cm³/mol. The monoisotopic (exact) mass is 294 g/mol. The molecule has 0 aliphatic carbocycles. The van der Waals surface area contributed by atoms with Crippen LogP contribution in [-0.4, -0.2) is 5.78 Å². The zero-order valence-corrected chi connectivity index (χ0v) is 12.2. The molecule has 0 amide bonds. The average molecular weight is 294 g/mol. The summed E-state index contributed by atoms with van der Waals surface area (Å²) in [6.45, 7) is 1.81. The van der Waals surface area contributed by atoms with Gasteiger partial charge in [0.05, 0.1) is 5.56 Å². The van der Waals surface area contributed by atoms with Crippen molar-refractivity contribution in [2.45, 2.75) is 13.5 Å². The van der Waals surface area contributed by atoms with E-state index in [1.165, 1.54) is 19.1 Å². The molecule has 0 radical (unpaired) electrons. The number of halogens is 1. The summed E-state index contributed by atoms with van der Waals surface area (Å²) >= 11 is 0. The third kappa shape index (κ3) is 2.84. The van der Waals surface area contributed by atoms with Crippen LogP contribution < -0.4 is 4.74 Å². The molecule has 0 saturated carbocycles. The summed E-state index contributed by atoms with van der Waals surface area (Å²) in [6.07, 6.45) is 0. The second-order valence-corrected chi connectivity index (χ2v) is 5.13. The fourth-order valence-electron chi connectivity index (χ4n) is 2.41. The van der Waals surface area contributed by atoms with Crippen molar-refractivity contribution in [2.24, 2.45) is 0 Å². The van der Waals surface area contributed by atoms with Crippen molar-refractivity contribution in [3.8, 4) is 5.75 Å². The molecule has 0 saturated heterocycles. The topological polar surface area (TPSA) is 26.3 Å². The van der Waals surface area contributed by atoms with Gasteiger partial charge in [-0.3, -0.25) is 4.79 Å². The van der Waals surface area contributed by atoms with Crippen molar-refractivity contribution in [2.75, 3.05) is 0 Å². The molecule has 3 aromatic rings. The Hall–Kier alpha value is -2.68. The van der Waals surface area contributed by atoms with Gasteiger partial charge < -0.3 is 4.74 Å². The summed E-state index contributed by atoms with van der Waals surface area (Å²) in [5, 5.41) is 1.92. The first kappa shape index (κ1) is 14.3. The zero-order valence-electron chi connectivity index (χ0n) is 12.2. The van der Waals surface area contributed by atoms with Crippen LogP contribution in [-0.2, 0) is 6.61 Å². The van der Waals surface area contributed by atoms with E-state index in [0.29, 0.717) is 11.3 Å². The number of ether oxygens (including phenoxy) is 1. The van der Waals surface area contributed by atoms with Crippen molar-refractivity contribution < 1.29 is 13.9 Å². The average Bonchev–Trinajstić information content (AvgIpc) is 2.53. The largest absolute Gasteiger partial charge is 0.487 e. The van der Waals surface area contributed by atoms with E-state index in [-0.39, 0.29) is 18.2 Å². The van der Waals surface area contributed by atoms with Crippen molar-refractivity contribution in [1.29, 1.82) is 0 Å². The van der Waals surface area contributed by atoms with Crippen LogP contribution >= 0.6 is 0 Å². The van der Waals surface area contributed by atoms with E-state index in [4.69, 9.17) is 4.74 Å². The third-order valence-electron chi connectivity index (χ3n) is 3.56. The van der Waals surface area contributed by atoms with Gasteiger partial charge in [-0.2, -0.15) is 0 Å². The minimum atomic E-state index is -0.279. The minimum Gasteiger partial charge on any atom is -0.487 e. The highest BCUT2D eigenvalue weighted by Crippen LogP contribution is 2.31. The molecule has 2 nitrogen and oxygen atoms in total. The van der Waals surface area contributed by atoms with Crippen molar-refractivity contribution in [3.05, 3.63) is 77.6 Å². The van der Waals surface area contributed by atoms with Gasteiger partial charge in [-0.15, -0.1) is 0 Å². The molecule has 0 aliphatic heterocycles. The summed E-state index contributed by atoms with van der Waals surface area (Å²) in [6, 6.07) is 17.6. The molecular weight excluding hydrogens is 279 g/mol. The molecule has 0 aromatic heterocycles. The first-order valence-electron chi connectivity index (χ1n) is 7.05. The lowest BCUT2D eigenvalue weighted by Crippen LogP contribution is -2.02. The molecule has 0 unspecified atom stereocenters. The maximum Gasteiger partial charge on any atom is 0.163 e. The van der Waals surface area contributed by atoms with E-state index in [2.05, 4.69) is 0 Å². The Bertz CT molecular complexity index is 822. The highest BCUT2D eigenvalue weighted by Gasteiger charge is 2.12. The standard InChI is InChI=1S/C19H15FO2/c1-13(21)17-11-8-15-4-2-3-5-18(15)19(17)22-12-14-6-9-16(20)10-7-14/h2-11H,12H2,1H3. The molecule has 0 heterocycles. The third-order valence-corrected chi connectivity index (χ3v) is 3.56. The van der Waals surface area contributed by atoms with Gasteiger partial charge >= 0.3 is 0 Å². The Kier molecular flexibility index (Phi) is 3.88. The van der Waals surface area contributed by atoms with Crippen LogP contribution in [0.3, 0.4) is 0 Å². The number of hydrogen-bond donors (Lipinski definition) is 0. The van der Waals surface area contributed by atoms with Crippen LogP contribution in [0.15, 0.2) is 60.7 Å². The van der Waals surface area contributed by atoms with Crippen LogP contribution in [0.25, 0.3) is 10.8 Å². The van der Waals surface area contributed by atoms with Gasteiger partial charge in [0.1, 0.15) is 18.2 Å². The Morgan fingerprint density at radius 3 is 2.45 bits per heavy atom. The van der Waals surface area contributed by atoms with Gasteiger partial charge in [-0.25, -0.2) is 4.39 Å². The molecule has 110 valence electrons. The van der Waals surface area contributed by atoms with Gasteiger partial charge in [0.25, 0.3) is 0 Å². The zero-order chi connectivity index (χ0) is 15.5. The Labute approximate surface area is 128 Å². The van der Waals surface area contributed by atoms with Crippen LogP contribution in [0.5, 0.6) is 5.75 Å². The van der Waals surface area contributed by atoms with Crippen molar-refractivity contribution in [1.82, 2.24) is 0 Å². The number of fused-ring (bicyclic) bond motifs is 1. The quantitative estimate of drug-likeness (QED) is 0.648. The predicted octanol–water partition coefficient (Wildman–Crippen LogP) is 4.76. The van der Waals surface area contributed by atoms with Crippen molar-refractivity contribution in [3.63, 3.8) is 0 Å². The van der Waals surface area contributed by atoms with E-state index in [1.807, 2.05) is 30.3 Å². The fourth-order valence-corrected chi connectivity index (χ4v) is 2.41. The maximum absolute atomic E-state index is 12.9. The van der Waals surface area contributed by atoms with E-state index >= 15 is 0 Å². The summed E-state index contributed by atoms with van der Waals surface area (Å²) < 4.78 is 18.8. The fraction of sp³-hybridized carbons (Fsp3) is 0.105. The first-order chi connectivity index (χ1) is 10.6. The van der Waals surface area contributed by atoms with Crippen LogP contribution in [0.4, 0.5) is 4.39 Å². The molecule has 0 N–H and O–H groups in total. The molecule has 0 spiro atoms. The van der Waals surface area contributed by atoms with Crippen molar-refractivity contribution >= 4 is 16.6 Å². The molecule has 22 heavy (non-hydrogen) atoms. The Balaban J connectivity index is 1.98. The van der Waals surface area contributed by atoms with E-state index < -0.39 is 0 Å². The maximum atomic E-state index is 12.9. The van der Waals surface area contributed by atoms with Gasteiger partial charge in [0, 0.05) is 5.39 Å². The highest BCUT2D eigenvalue weighted by atomic mass is 19.1. The molecule has 3 aromatic carbocycles. The van der Waals surface area contributed by atoms with Gasteiger partial charge in [-0.05, 0) is 36.1 Å². The number of rotatable bonds is 4. The van der Waals surface area contributed by atoms with E-state index in [0.717, 1.165) is 16.3 Å². The smallest absolute Gasteiger partial charge is 0.163 e. The number of carbonyl (C=O) groups is 1. The van der Waals surface area contributed by atoms with Gasteiger partial charge in [0.15, 0.2) is 5.78 Å². The molecule has 0 atom stereocenters. The summed E-state index contributed by atoms with van der Waals surface area (Å²) in [7, 11) is 0. The van der Waals surface area contributed by atoms with Crippen LogP contribution in [0.2, 0.25) is 0 Å². The molecule has 0 aliphatic rings. The molecule has 0 fully saturated rings. The van der Waals surface area contributed by atoms with Crippen LogP contribution in [0, 0.1) is 5.82 Å². The second kappa shape index (κ2) is 5.98. The number of hydrogen-bond acceptors (Lipinski definition) is 2. The normalized spacial score (nSPS) is 10.6. The van der Waals surface area contributed by atoms with Crippen LogP contribution in [0.1, 0.15) is 22.8 Å². The summed E-state index contributed by atoms with van der Waals surface area (Å²) in [4.78, 5) is 11.8. The highest BCUT2D eigenvalue weighted by molar-refractivity contribution is 6.03. The van der Waals surface area contributed by atoms with Gasteiger partial charge in [0.2, 0.25) is 0 Å². The summed E-state index contributed by atoms with van der Waals surface area (Å²) in [5.74, 6) is 0.258. The second-order valence-electron chi connectivity index (χ2n) is 5.13. The Morgan fingerprint density at radius 2 is 1.73 bits per heavy atom. The van der Waals surface area contributed by atoms with E-state index in [1.54, 1.807) is 18.2 Å². The molecule has 0 bridgehead atoms. The Morgan fingerprint density at radius 1 is 1.00 bits per heavy atom. The lowest BCUT2D eigenvalue weighted by atomic mass is 10.0. The lowest BCUT2D eigenvalue weighted by Gasteiger charge is -2.13. The lowest BCUT2D eigenvalue weighted by molar-refractivity contribution is 0.101. The van der Waals surface area contributed by atoms with E-state index in [9.17, 15) is 9.18 Å². The van der Waals surface area contributed by atoms with Gasteiger partial charge in [-0.1, -0.05) is 42.5 Å². The molecule has 3 heteroatoms. The molecular formula is C19H15FO2. The number of ketones is 1. The summed E-state index contributed by atoms with van der Waals surface area (Å²) in [5.41, 5.74) is 1.41. The minimum absolute atomic E-state index is 0.0418. The number of carbonyl (C=O) groups excluding carboxylic acids is 1. The number of benzene rings is 3.